The van der Waals surface area contributed by atoms with E-state index >= 15 is 0 Å². The number of anilines is 1. The van der Waals surface area contributed by atoms with Crippen molar-refractivity contribution in [3.05, 3.63) is 71.9 Å². The van der Waals surface area contributed by atoms with Crippen LogP contribution < -0.4 is 5.32 Å². The molecule has 3 aromatic rings. The molecule has 6 heteroatoms. The van der Waals surface area contributed by atoms with Gasteiger partial charge in [-0.1, -0.05) is 36.4 Å². The van der Waals surface area contributed by atoms with E-state index in [2.05, 4.69) is 10.3 Å². The monoisotopic (exact) mass is 322 g/mol. The van der Waals surface area contributed by atoms with Gasteiger partial charge >= 0.3 is 11.9 Å². The fraction of sp³-hybridized carbons (Fsp3) is 0. The number of carboxylic acid groups (broad SMARTS) is 2. The van der Waals surface area contributed by atoms with Crippen LogP contribution in [0.3, 0.4) is 0 Å². The van der Waals surface area contributed by atoms with E-state index in [0.29, 0.717) is 11.4 Å². The van der Waals surface area contributed by atoms with Crippen LogP contribution in [-0.4, -0.2) is 27.1 Å². The van der Waals surface area contributed by atoms with Crippen LogP contribution in [0, 0.1) is 0 Å². The van der Waals surface area contributed by atoms with Crippen molar-refractivity contribution in [3.8, 4) is 0 Å². The molecule has 1 heterocycles. The van der Waals surface area contributed by atoms with Gasteiger partial charge in [0.05, 0.1) is 11.4 Å². The third-order valence-electron chi connectivity index (χ3n) is 3.52. The van der Waals surface area contributed by atoms with E-state index in [4.69, 9.17) is 0 Å². The van der Waals surface area contributed by atoms with E-state index in [9.17, 15) is 19.8 Å². The van der Waals surface area contributed by atoms with Crippen molar-refractivity contribution in [1.29, 1.82) is 0 Å². The smallest absolute Gasteiger partial charge is 0.345 e. The number of para-hydroxylation sites is 2. The number of rotatable bonds is 5. The molecule has 1 aromatic heterocycles. The lowest BCUT2D eigenvalue weighted by molar-refractivity contribution is -0.140. The Labute approximate surface area is 137 Å². The number of aromatic nitrogens is 1. The zero-order chi connectivity index (χ0) is 17.1. The minimum Gasteiger partial charge on any atom is -0.477 e. The average molecular weight is 322 g/mol. The number of nitrogens with one attached hydrogen (secondary N) is 2. The minimum absolute atomic E-state index is 0.00241. The maximum atomic E-state index is 11.5. The van der Waals surface area contributed by atoms with Gasteiger partial charge in [0.25, 0.3) is 0 Å². The average Bonchev–Trinajstić information content (AvgIpc) is 2.98. The van der Waals surface area contributed by atoms with Gasteiger partial charge in [-0.2, -0.15) is 0 Å². The van der Waals surface area contributed by atoms with Crippen LogP contribution in [0.4, 0.5) is 5.69 Å². The van der Waals surface area contributed by atoms with E-state index in [1.165, 1.54) is 0 Å². The van der Waals surface area contributed by atoms with E-state index in [1.807, 2.05) is 30.3 Å². The summed E-state index contributed by atoms with van der Waals surface area (Å²) in [6.45, 7) is 0. The zero-order valence-electron chi connectivity index (χ0n) is 12.5. The van der Waals surface area contributed by atoms with Crippen LogP contribution in [-0.2, 0) is 9.59 Å². The molecule has 0 atom stereocenters. The topological polar surface area (TPSA) is 102 Å². The Kier molecular flexibility index (Phi) is 4.03. The van der Waals surface area contributed by atoms with Gasteiger partial charge in [0.2, 0.25) is 0 Å². The fourth-order valence-corrected chi connectivity index (χ4v) is 2.44. The first-order valence-electron chi connectivity index (χ1n) is 7.17. The third-order valence-corrected chi connectivity index (χ3v) is 3.52. The number of H-pyrrole nitrogens is 1. The van der Waals surface area contributed by atoms with Crippen molar-refractivity contribution in [1.82, 2.24) is 4.98 Å². The normalized spacial score (nSPS) is 10.3. The highest BCUT2D eigenvalue weighted by Crippen LogP contribution is 2.25. The standard InChI is InChI=1S/C18H14N2O4/c21-17(22)15(18(23)24)16(19-12-7-2-1-3-8-12)14-10-11-6-4-5-9-13(11)20-14/h1-10,19-20H,(H,21,22)(H,23,24). The number of aliphatic carboxylic acids is 2. The first-order chi connectivity index (χ1) is 11.6. The van der Waals surface area contributed by atoms with Gasteiger partial charge in [0.1, 0.15) is 0 Å². The summed E-state index contributed by atoms with van der Waals surface area (Å²) in [7, 11) is 0. The highest BCUT2D eigenvalue weighted by molar-refractivity contribution is 6.19. The van der Waals surface area contributed by atoms with Gasteiger partial charge < -0.3 is 20.5 Å². The van der Waals surface area contributed by atoms with Gasteiger partial charge in [-0.3, -0.25) is 0 Å². The lowest BCUT2D eigenvalue weighted by atomic mass is 10.1. The molecular weight excluding hydrogens is 308 g/mol. The molecule has 0 aliphatic heterocycles. The number of hydrogen-bond acceptors (Lipinski definition) is 3. The van der Waals surface area contributed by atoms with Crippen molar-refractivity contribution < 1.29 is 19.8 Å². The number of benzene rings is 2. The van der Waals surface area contributed by atoms with Crippen molar-refractivity contribution in [2.75, 3.05) is 5.32 Å². The van der Waals surface area contributed by atoms with Gasteiger partial charge in [-0.15, -0.1) is 0 Å². The molecular formula is C18H14N2O4. The molecule has 4 N–H and O–H groups in total. The van der Waals surface area contributed by atoms with Gasteiger partial charge in [0.15, 0.2) is 5.57 Å². The first kappa shape index (κ1) is 15.4. The van der Waals surface area contributed by atoms with E-state index in [1.54, 1.807) is 30.3 Å². The second kappa shape index (κ2) is 6.29. The Morgan fingerprint density at radius 1 is 0.875 bits per heavy atom. The molecule has 6 nitrogen and oxygen atoms in total. The summed E-state index contributed by atoms with van der Waals surface area (Å²) in [6.07, 6.45) is 0. The Morgan fingerprint density at radius 3 is 2.12 bits per heavy atom. The first-order valence-corrected chi connectivity index (χ1v) is 7.17. The molecule has 3 rings (SSSR count). The molecule has 2 aromatic carbocycles. The van der Waals surface area contributed by atoms with Crippen molar-refractivity contribution in [2.45, 2.75) is 0 Å². The largest absolute Gasteiger partial charge is 0.477 e. The molecule has 120 valence electrons. The predicted molar refractivity (Wildman–Crippen MR) is 90.6 cm³/mol. The summed E-state index contributed by atoms with van der Waals surface area (Å²) in [6, 6.07) is 17.9. The Hall–Kier alpha value is -3.54. The quantitative estimate of drug-likeness (QED) is 0.328. The molecule has 0 bridgehead atoms. The number of carboxylic acids is 2. The van der Waals surface area contributed by atoms with Crippen molar-refractivity contribution in [3.63, 3.8) is 0 Å². The summed E-state index contributed by atoms with van der Waals surface area (Å²) in [5.74, 6) is -3.03. The van der Waals surface area contributed by atoms with E-state index in [-0.39, 0.29) is 5.70 Å². The van der Waals surface area contributed by atoms with Gasteiger partial charge in [-0.05, 0) is 24.3 Å². The van der Waals surface area contributed by atoms with Gasteiger partial charge in [-0.25, -0.2) is 9.59 Å². The van der Waals surface area contributed by atoms with Gasteiger partial charge in [0, 0.05) is 16.6 Å². The van der Waals surface area contributed by atoms with Crippen molar-refractivity contribution in [2.24, 2.45) is 0 Å². The second-order valence-corrected chi connectivity index (χ2v) is 5.12. The minimum atomic E-state index is -1.51. The lowest BCUT2D eigenvalue weighted by Crippen LogP contribution is -2.17. The number of hydrogen-bond donors (Lipinski definition) is 4. The van der Waals surface area contributed by atoms with E-state index in [0.717, 1.165) is 10.9 Å². The Morgan fingerprint density at radius 2 is 1.50 bits per heavy atom. The Bertz CT molecular complexity index is 893. The van der Waals surface area contributed by atoms with Crippen LogP contribution in [0.5, 0.6) is 0 Å². The van der Waals surface area contributed by atoms with Crippen molar-refractivity contribution >= 4 is 34.2 Å². The predicted octanol–water partition coefficient (Wildman–Crippen LogP) is 3.16. The number of aromatic amines is 1. The van der Waals surface area contributed by atoms with Crippen LogP contribution >= 0.6 is 0 Å². The molecule has 24 heavy (non-hydrogen) atoms. The summed E-state index contributed by atoms with van der Waals surface area (Å²) >= 11 is 0. The molecule has 0 radical (unpaired) electrons. The number of carbonyl (C=O) groups is 2. The second-order valence-electron chi connectivity index (χ2n) is 5.12. The summed E-state index contributed by atoms with van der Waals surface area (Å²) < 4.78 is 0. The molecule has 0 amide bonds. The van der Waals surface area contributed by atoms with Crippen LogP contribution in [0.25, 0.3) is 16.6 Å². The van der Waals surface area contributed by atoms with E-state index < -0.39 is 17.5 Å². The molecule has 0 saturated carbocycles. The number of fused-ring (bicyclic) bond motifs is 1. The maximum absolute atomic E-state index is 11.5. The zero-order valence-corrected chi connectivity index (χ0v) is 12.5. The lowest BCUT2D eigenvalue weighted by Gasteiger charge is -2.12. The maximum Gasteiger partial charge on any atom is 0.345 e. The van der Waals surface area contributed by atoms with Crippen LogP contribution in [0.2, 0.25) is 0 Å². The summed E-state index contributed by atoms with van der Waals surface area (Å²) in [4.78, 5) is 26.0. The fourth-order valence-electron chi connectivity index (χ4n) is 2.44. The molecule has 0 saturated heterocycles. The molecule has 0 unspecified atom stereocenters. The highest BCUT2D eigenvalue weighted by Gasteiger charge is 2.24. The molecule has 0 aliphatic carbocycles. The molecule has 0 spiro atoms. The van der Waals surface area contributed by atoms with Crippen LogP contribution in [0.15, 0.2) is 66.2 Å². The summed E-state index contributed by atoms with van der Waals surface area (Å²) in [5, 5.41) is 22.4. The molecule has 0 aliphatic rings. The SMILES string of the molecule is O=C(O)C(C(=O)O)=C(Nc1ccccc1)c1cc2ccccc2[nH]1. The third kappa shape index (κ3) is 2.98. The highest BCUT2D eigenvalue weighted by atomic mass is 16.4. The van der Waals surface area contributed by atoms with Crippen LogP contribution in [0.1, 0.15) is 5.69 Å². The summed E-state index contributed by atoms with van der Waals surface area (Å²) in [5.41, 5.74) is 1.03. The molecule has 0 fully saturated rings. The Balaban J connectivity index is 2.19.